The van der Waals surface area contributed by atoms with Gasteiger partial charge in [-0.1, -0.05) is 32.4 Å². The van der Waals surface area contributed by atoms with Crippen molar-refractivity contribution in [2.75, 3.05) is 0 Å². The molecule has 0 amide bonds. The van der Waals surface area contributed by atoms with Gasteiger partial charge in [-0.25, -0.2) is 4.98 Å². The highest BCUT2D eigenvalue weighted by atomic mass is 15.0. The number of H-pyrrole nitrogens is 1. The van der Waals surface area contributed by atoms with E-state index >= 15 is 0 Å². The molecule has 2 rings (SSSR count). The van der Waals surface area contributed by atoms with E-state index < -0.39 is 0 Å². The number of rotatable bonds is 3. The largest absolute Gasteiger partial charge is 0.341 e. The molecule has 0 aliphatic carbocycles. The Hall–Kier alpha value is -1.35. The van der Waals surface area contributed by atoms with Crippen LogP contribution >= 0.6 is 0 Å². The monoisotopic (exact) mass is 203 g/mol. The smallest absolute Gasteiger partial charge is 0.124 e. The molecule has 2 aromatic rings. The maximum Gasteiger partial charge on any atom is 0.124 e. The van der Waals surface area contributed by atoms with E-state index in [1.807, 2.05) is 24.3 Å². The summed E-state index contributed by atoms with van der Waals surface area (Å²) >= 11 is 0. The molecular formula is C12H17N3. The van der Waals surface area contributed by atoms with Gasteiger partial charge < -0.3 is 10.7 Å². The van der Waals surface area contributed by atoms with Crippen molar-refractivity contribution >= 4 is 11.0 Å². The van der Waals surface area contributed by atoms with Gasteiger partial charge in [0.1, 0.15) is 5.82 Å². The van der Waals surface area contributed by atoms with E-state index in [0.29, 0.717) is 5.92 Å². The summed E-state index contributed by atoms with van der Waals surface area (Å²) in [6, 6.07) is 8.01. The Labute approximate surface area is 89.7 Å². The summed E-state index contributed by atoms with van der Waals surface area (Å²) in [5, 5.41) is 0. The van der Waals surface area contributed by atoms with Crippen LogP contribution in [0.5, 0.6) is 0 Å². The normalized spacial score (nSPS) is 15.4. The molecule has 3 nitrogen and oxygen atoms in total. The Bertz CT molecular complexity index is 414. The van der Waals surface area contributed by atoms with E-state index in [0.717, 1.165) is 23.3 Å². The molecule has 0 unspecified atom stereocenters. The average molecular weight is 203 g/mol. The van der Waals surface area contributed by atoms with Gasteiger partial charge in [0.2, 0.25) is 0 Å². The molecule has 15 heavy (non-hydrogen) atoms. The highest BCUT2D eigenvalue weighted by Gasteiger charge is 2.16. The fourth-order valence-electron chi connectivity index (χ4n) is 1.65. The highest BCUT2D eigenvalue weighted by Crippen LogP contribution is 2.21. The molecule has 2 atom stereocenters. The zero-order chi connectivity index (χ0) is 10.8. The molecule has 0 fully saturated rings. The first-order valence-corrected chi connectivity index (χ1v) is 5.42. The maximum absolute atomic E-state index is 6.12. The number of aromatic amines is 1. The van der Waals surface area contributed by atoms with Crippen molar-refractivity contribution in [3.63, 3.8) is 0 Å². The van der Waals surface area contributed by atoms with E-state index in [9.17, 15) is 0 Å². The van der Waals surface area contributed by atoms with Crippen molar-refractivity contribution < 1.29 is 0 Å². The van der Waals surface area contributed by atoms with Crippen molar-refractivity contribution in [3.05, 3.63) is 30.1 Å². The number of nitrogens with two attached hydrogens (primary N) is 1. The van der Waals surface area contributed by atoms with E-state index in [1.54, 1.807) is 0 Å². The number of hydrogen-bond donors (Lipinski definition) is 2. The number of fused-ring (bicyclic) bond motifs is 1. The summed E-state index contributed by atoms with van der Waals surface area (Å²) < 4.78 is 0. The minimum atomic E-state index is 0.00222. The van der Waals surface area contributed by atoms with Crippen LogP contribution in [0.3, 0.4) is 0 Å². The van der Waals surface area contributed by atoms with E-state index in [2.05, 4.69) is 23.8 Å². The number of benzene rings is 1. The summed E-state index contributed by atoms with van der Waals surface area (Å²) in [6.45, 7) is 4.30. The van der Waals surface area contributed by atoms with Gasteiger partial charge in [-0.3, -0.25) is 0 Å². The van der Waals surface area contributed by atoms with Crippen LogP contribution in [0.25, 0.3) is 11.0 Å². The third-order valence-electron chi connectivity index (χ3n) is 2.98. The second-order valence-electron chi connectivity index (χ2n) is 4.05. The summed E-state index contributed by atoms with van der Waals surface area (Å²) in [5.74, 6) is 1.34. The predicted molar refractivity (Wildman–Crippen MR) is 62.5 cm³/mol. The second-order valence-corrected chi connectivity index (χ2v) is 4.05. The van der Waals surface area contributed by atoms with E-state index in [1.165, 1.54) is 0 Å². The number of aromatic nitrogens is 2. The zero-order valence-corrected chi connectivity index (χ0v) is 9.20. The third kappa shape index (κ3) is 1.88. The van der Waals surface area contributed by atoms with Crippen molar-refractivity contribution in [2.45, 2.75) is 26.3 Å². The minimum Gasteiger partial charge on any atom is -0.341 e. The molecule has 1 aromatic carbocycles. The molecule has 1 aromatic heterocycles. The second kappa shape index (κ2) is 4.03. The topological polar surface area (TPSA) is 54.7 Å². The van der Waals surface area contributed by atoms with Crippen LogP contribution in [0.4, 0.5) is 0 Å². The molecule has 3 heteroatoms. The summed E-state index contributed by atoms with van der Waals surface area (Å²) in [6.07, 6.45) is 1.07. The standard InChI is InChI=1S/C12H17N3/c1-3-8(2)11(13)12-14-9-6-4-5-7-10(9)15-12/h4-8,11H,3,13H2,1-2H3,(H,14,15)/t8-,11+/m0/s1. The first kappa shape index (κ1) is 10.2. The molecule has 0 spiro atoms. The van der Waals surface area contributed by atoms with Gasteiger partial charge in [0.05, 0.1) is 17.1 Å². The van der Waals surface area contributed by atoms with Crippen LogP contribution in [0, 0.1) is 5.92 Å². The molecule has 0 aliphatic rings. The number of nitrogens with one attached hydrogen (secondary N) is 1. The lowest BCUT2D eigenvalue weighted by Gasteiger charge is -2.15. The van der Waals surface area contributed by atoms with Crippen molar-refractivity contribution in [3.8, 4) is 0 Å². The lowest BCUT2D eigenvalue weighted by Crippen LogP contribution is -2.19. The highest BCUT2D eigenvalue weighted by molar-refractivity contribution is 5.74. The molecule has 3 N–H and O–H groups in total. The molecule has 80 valence electrons. The van der Waals surface area contributed by atoms with Crippen LogP contribution in [0.1, 0.15) is 32.1 Å². The third-order valence-corrected chi connectivity index (χ3v) is 2.98. The van der Waals surface area contributed by atoms with Gasteiger partial charge in [0, 0.05) is 0 Å². The lowest BCUT2D eigenvalue weighted by molar-refractivity contribution is 0.442. The van der Waals surface area contributed by atoms with Gasteiger partial charge in [-0.15, -0.1) is 0 Å². The minimum absolute atomic E-state index is 0.00222. The SMILES string of the molecule is CC[C@H](C)[C@@H](N)c1nc2ccccc2[nH]1. The average Bonchev–Trinajstić information content (AvgIpc) is 2.70. The Balaban J connectivity index is 2.36. The Morgan fingerprint density at radius 3 is 2.80 bits per heavy atom. The lowest BCUT2D eigenvalue weighted by atomic mass is 10.00. The van der Waals surface area contributed by atoms with E-state index in [-0.39, 0.29) is 6.04 Å². The van der Waals surface area contributed by atoms with Crippen LogP contribution < -0.4 is 5.73 Å². The number of nitrogens with zero attached hydrogens (tertiary/aromatic N) is 1. The van der Waals surface area contributed by atoms with Crippen molar-refractivity contribution in [2.24, 2.45) is 11.7 Å². The fraction of sp³-hybridized carbons (Fsp3) is 0.417. The number of imidazole rings is 1. The predicted octanol–water partition coefficient (Wildman–Crippen LogP) is 2.61. The number of para-hydroxylation sites is 2. The fourth-order valence-corrected chi connectivity index (χ4v) is 1.65. The quantitative estimate of drug-likeness (QED) is 0.805. The first-order valence-electron chi connectivity index (χ1n) is 5.42. The number of hydrogen-bond acceptors (Lipinski definition) is 2. The van der Waals surface area contributed by atoms with Gasteiger partial charge >= 0.3 is 0 Å². The maximum atomic E-state index is 6.12. The van der Waals surface area contributed by atoms with Gasteiger partial charge in [-0.05, 0) is 18.1 Å². The Morgan fingerprint density at radius 2 is 2.13 bits per heavy atom. The van der Waals surface area contributed by atoms with Gasteiger partial charge in [0.15, 0.2) is 0 Å². The van der Waals surface area contributed by atoms with Crippen LogP contribution in [0.2, 0.25) is 0 Å². The summed E-state index contributed by atoms with van der Waals surface area (Å²) in [4.78, 5) is 7.78. The molecule has 0 radical (unpaired) electrons. The first-order chi connectivity index (χ1) is 7.22. The van der Waals surface area contributed by atoms with Crippen LogP contribution in [-0.2, 0) is 0 Å². The zero-order valence-electron chi connectivity index (χ0n) is 9.20. The summed E-state index contributed by atoms with van der Waals surface area (Å²) in [7, 11) is 0. The molecule has 0 saturated carbocycles. The summed E-state index contributed by atoms with van der Waals surface area (Å²) in [5.41, 5.74) is 8.17. The molecule has 1 heterocycles. The molecule has 0 saturated heterocycles. The van der Waals surface area contributed by atoms with Crippen LogP contribution in [0.15, 0.2) is 24.3 Å². The van der Waals surface area contributed by atoms with Gasteiger partial charge in [-0.2, -0.15) is 0 Å². The Kier molecular flexibility index (Phi) is 2.73. The van der Waals surface area contributed by atoms with Crippen LogP contribution in [-0.4, -0.2) is 9.97 Å². The van der Waals surface area contributed by atoms with Crippen molar-refractivity contribution in [1.82, 2.24) is 9.97 Å². The molecular weight excluding hydrogens is 186 g/mol. The molecule has 0 bridgehead atoms. The van der Waals surface area contributed by atoms with E-state index in [4.69, 9.17) is 5.73 Å². The molecule has 0 aliphatic heterocycles. The van der Waals surface area contributed by atoms with Crippen molar-refractivity contribution in [1.29, 1.82) is 0 Å². The Morgan fingerprint density at radius 1 is 1.40 bits per heavy atom. The van der Waals surface area contributed by atoms with Gasteiger partial charge in [0.25, 0.3) is 0 Å².